The third-order valence-corrected chi connectivity index (χ3v) is 3.49. The van der Waals surface area contributed by atoms with E-state index in [9.17, 15) is 18.0 Å². The van der Waals surface area contributed by atoms with E-state index in [1.807, 2.05) is 0 Å². The highest BCUT2D eigenvalue weighted by Crippen LogP contribution is 2.35. The molecule has 0 N–H and O–H groups in total. The summed E-state index contributed by atoms with van der Waals surface area (Å²) in [7, 11) is 3.27. The molecule has 0 saturated heterocycles. The van der Waals surface area contributed by atoms with Crippen molar-refractivity contribution in [3.63, 3.8) is 0 Å². The number of amides is 1. The van der Waals surface area contributed by atoms with Crippen LogP contribution >= 0.6 is 11.6 Å². The van der Waals surface area contributed by atoms with Crippen molar-refractivity contribution >= 4 is 17.5 Å². The van der Waals surface area contributed by atoms with Crippen molar-refractivity contribution in [2.75, 3.05) is 7.05 Å². The van der Waals surface area contributed by atoms with E-state index in [2.05, 4.69) is 4.98 Å². The zero-order chi connectivity index (χ0) is 16.5. The molecule has 1 aromatic heterocycles. The molecule has 0 bridgehead atoms. The maximum atomic E-state index is 12.8. The number of hydrogen-bond acceptors (Lipinski definition) is 2. The van der Waals surface area contributed by atoms with E-state index in [-0.39, 0.29) is 12.1 Å². The molecule has 22 heavy (non-hydrogen) atoms. The van der Waals surface area contributed by atoms with Gasteiger partial charge in [0.15, 0.2) is 0 Å². The minimum absolute atomic E-state index is 0.0755. The summed E-state index contributed by atoms with van der Waals surface area (Å²) in [5.74, 6) is 0.0889. The van der Waals surface area contributed by atoms with E-state index >= 15 is 0 Å². The van der Waals surface area contributed by atoms with Crippen LogP contribution in [0.5, 0.6) is 0 Å². The summed E-state index contributed by atoms with van der Waals surface area (Å²) in [4.78, 5) is 17.6. The topological polar surface area (TPSA) is 38.1 Å². The minimum Gasteiger partial charge on any atom is -0.337 e. The van der Waals surface area contributed by atoms with Crippen molar-refractivity contribution in [1.29, 1.82) is 0 Å². The van der Waals surface area contributed by atoms with Crippen molar-refractivity contribution in [2.24, 2.45) is 7.05 Å². The molecule has 1 amide bonds. The van der Waals surface area contributed by atoms with Crippen LogP contribution in [0.4, 0.5) is 13.2 Å². The minimum atomic E-state index is -4.61. The van der Waals surface area contributed by atoms with Crippen LogP contribution in [0.25, 0.3) is 0 Å². The van der Waals surface area contributed by atoms with Crippen molar-refractivity contribution in [3.05, 3.63) is 52.6 Å². The number of alkyl halides is 3. The second-order valence-electron chi connectivity index (χ2n) is 4.81. The van der Waals surface area contributed by atoms with Gasteiger partial charge in [0.1, 0.15) is 5.82 Å². The lowest BCUT2D eigenvalue weighted by Gasteiger charge is -2.18. The Balaban J connectivity index is 2.24. The maximum Gasteiger partial charge on any atom is 0.417 e. The third-order valence-electron chi connectivity index (χ3n) is 3.16. The molecule has 1 aromatic carbocycles. The molecular formula is C14H13ClF3N3O. The van der Waals surface area contributed by atoms with Crippen LogP contribution in [0.2, 0.25) is 5.02 Å². The Hall–Kier alpha value is -2.02. The molecular weight excluding hydrogens is 319 g/mol. The van der Waals surface area contributed by atoms with Crippen molar-refractivity contribution < 1.29 is 18.0 Å². The van der Waals surface area contributed by atoms with Crippen molar-refractivity contribution in [1.82, 2.24) is 14.5 Å². The van der Waals surface area contributed by atoms with Crippen LogP contribution in [-0.2, 0) is 19.8 Å². The Morgan fingerprint density at radius 3 is 2.64 bits per heavy atom. The summed E-state index contributed by atoms with van der Waals surface area (Å²) < 4.78 is 40.2. The molecule has 0 spiro atoms. The molecule has 8 heteroatoms. The van der Waals surface area contributed by atoms with E-state index in [0.29, 0.717) is 5.82 Å². The van der Waals surface area contributed by atoms with Gasteiger partial charge in [-0.2, -0.15) is 13.2 Å². The lowest BCUT2D eigenvalue weighted by Crippen LogP contribution is -2.27. The zero-order valence-corrected chi connectivity index (χ0v) is 12.6. The highest BCUT2D eigenvalue weighted by Gasteiger charge is 2.34. The summed E-state index contributed by atoms with van der Waals surface area (Å²) in [5, 5.41) is -0.434. The van der Waals surface area contributed by atoms with Crippen LogP contribution in [0.3, 0.4) is 0 Å². The monoisotopic (exact) mass is 331 g/mol. The molecule has 2 rings (SSSR count). The number of halogens is 4. The fourth-order valence-corrected chi connectivity index (χ4v) is 2.15. The van der Waals surface area contributed by atoms with Gasteiger partial charge in [0.05, 0.1) is 17.1 Å². The number of aryl methyl sites for hydroxylation is 1. The predicted octanol–water partition coefficient (Wildman–Crippen LogP) is 3.36. The largest absolute Gasteiger partial charge is 0.417 e. The van der Waals surface area contributed by atoms with Crippen LogP contribution in [0.1, 0.15) is 21.7 Å². The fourth-order valence-electron chi connectivity index (χ4n) is 1.93. The first-order valence-corrected chi connectivity index (χ1v) is 6.66. The normalized spacial score (nSPS) is 11.5. The van der Waals surface area contributed by atoms with E-state index < -0.39 is 22.7 Å². The second kappa shape index (κ2) is 6.00. The lowest BCUT2D eigenvalue weighted by atomic mass is 10.1. The second-order valence-corrected chi connectivity index (χ2v) is 5.22. The Kier molecular flexibility index (Phi) is 4.46. The Morgan fingerprint density at radius 1 is 1.41 bits per heavy atom. The van der Waals surface area contributed by atoms with Gasteiger partial charge >= 0.3 is 6.18 Å². The number of rotatable bonds is 3. The SMILES string of the molecule is CN(Cc1nccn1C)C(=O)c1ccc(Cl)c(C(F)(F)F)c1. The maximum absolute atomic E-state index is 12.8. The summed E-state index contributed by atoms with van der Waals surface area (Å²) in [6.45, 7) is 0.187. The van der Waals surface area contributed by atoms with Crippen LogP contribution < -0.4 is 0 Å². The van der Waals surface area contributed by atoms with E-state index in [4.69, 9.17) is 11.6 Å². The molecule has 4 nitrogen and oxygen atoms in total. The number of hydrogen-bond donors (Lipinski definition) is 0. The molecule has 2 aromatic rings. The van der Waals surface area contributed by atoms with Crippen LogP contribution in [-0.4, -0.2) is 27.4 Å². The van der Waals surface area contributed by atoms with Gasteiger partial charge in [-0.3, -0.25) is 4.79 Å². The van der Waals surface area contributed by atoms with Crippen molar-refractivity contribution in [3.8, 4) is 0 Å². The van der Waals surface area contributed by atoms with Crippen molar-refractivity contribution in [2.45, 2.75) is 12.7 Å². The summed E-state index contributed by atoms with van der Waals surface area (Å²) in [6.07, 6.45) is -1.30. The Bertz CT molecular complexity index is 697. The molecule has 1 heterocycles. The molecule has 0 aliphatic heterocycles. The molecule has 0 aliphatic rings. The number of nitrogens with zero attached hydrogens (tertiary/aromatic N) is 3. The first-order chi connectivity index (χ1) is 10.2. The number of imidazole rings is 1. The molecule has 0 atom stereocenters. The average molecular weight is 332 g/mol. The predicted molar refractivity (Wildman–Crippen MR) is 75.5 cm³/mol. The Morgan fingerprint density at radius 2 is 2.09 bits per heavy atom. The highest BCUT2D eigenvalue weighted by atomic mass is 35.5. The van der Waals surface area contributed by atoms with Gasteiger partial charge < -0.3 is 9.47 Å². The van der Waals surface area contributed by atoms with Gasteiger partial charge in [-0.1, -0.05) is 11.6 Å². The molecule has 118 valence electrons. The summed E-state index contributed by atoms with van der Waals surface area (Å²) >= 11 is 5.54. The highest BCUT2D eigenvalue weighted by molar-refractivity contribution is 6.31. The molecule has 0 aliphatic carbocycles. The van der Waals surface area contributed by atoms with Gasteiger partial charge in [0.2, 0.25) is 0 Å². The first kappa shape index (κ1) is 16.4. The number of carbonyl (C=O) groups is 1. The van der Waals surface area contributed by atoms with Gasteiger partial charge in [-0.25, -0.2) is 4.98 Å². The molecule has 0 unspecified atom stereocenters. The van der Waals surface area contributed by atoms with Crippen LogP contribution in [0, 0.1) is 0 Å². The number of carbonyl (C=O) groups excluding carboxylic acids is 1. The first-order valence-electron chi connectivity index (χ1n) is 6.28. The average Bonchev–Trinajstić information content (AvgIpc) is 2.82. The van der Waals surface area contributed by atoms with E-state index in [1.165, 1.54) is 18.0 Å². The smallest absolute Gasteiger partial charge is 0.337 e. The van der Waals surface area contributed by atoms with Gasteiger partial charge in [0, 0.05) is 32.1 Å². The fraction of sp³-hybridized carbons (Fsp3) is 0.286. The Labute approximate surface area is 130 Å². The van der Waals surface area contributed by atoms with Gasteiger partial charge in [-0.05, 0) is 18.2 Å². The molecule has 0 fully saturated rings. The van der Waals surface area contributed by atoms with E-state index in [1.54, 1.807) is 24.0 Å². The molecule has 0 radical (unpaired) electrons. The van der Waals surface area contributed by atoms with Gasteiger partial charge in [-0.15, -0.1) is 0 Å². The lowest BCUT2D eigenvalue weighted by molar-refractivity contribution is -0.137. The third kappa shape index (κ3) is 3.41. The van der Waals surface area contributed by atoms with Crippen LogP contribution in [0.15, 0.2) is 30.6 Å². The zero-order valence-electron chi connectivity index (χ0n) is 11.9. The van der Waals surface area contributed by atoms with E-state index in [0.717, 1.165) is 12.1 Å². The standard InChI is InChI=1S/C14H13ClF3N3O/c1-20-6-5-19-12(20)8-21(2)13(22)9-3-4-11(15)10(7-9)14(16,17)18/h3-7H,8H2,1-2H3. The number of aromatic nitrogens is 2. The number of benzene rings is 1. The quantitative estimate of drug-likeness (QED) is 0.865. The summed E-state index contributed by atoms with van der Waals surface area (Å²) in [5.41, 5.74) is -1.10. The molecule has 0 saturated carbocycles. The van der Waals surface area contributed by atoms with Gasteiger partial charge in [0.25, 0.3) is 5.91 Å². The summed E-state index contributed by atoms with van der Waals surface area (Å²) in [6, 6.07) is 3.11.